The maximum atomic E-state index is 13.3. The average molecular weight is 558 g/mol. The van der Waals surface area contributed by atoms with E-state index in [1.807, 2.05) is 32.0 Å². The molecule has 1 unspecified atom stereocenters. The lowest BCUT2D eigenvalue weighted by molar-refractivity contribution is 0.0706. The molecule has 4 aromatic rings. The molecule has 40 heavy (non-hydrogen) atoms. The van der Waals surface area contributed by atoms with Crippen LogP contribution in [0.1, 0.15) is 43.5 Å². The molecule has 204 valence electrons. The molecule has 0 fully saturated rings. The molecule has 1 atom stereocenters. The maximum Gasteiger partial charge on any atom is 0.264 e. The van der Waals surface area contributed by atoms with Gasteiger partial charge in [0.1, 0.15) is 6.10 Å². The van der Waals surface area contributed by atoms with E-state index < -0.39 is 27.9 Å². The molecule has 1 aliphatic heterocycles. The number of aromatic nitrogens is 2. The summed E-state index contributed by atoms with van der Waals surface area (Å²) in [5.74, 6) is -1.04. The van der Waals surface area contributed by atoms with Crippen LogP contribution in [0.4, 0.5) is 5.95 Å². The van der Waals surface area contributed by atoms with Crippen molar-refractivity contribution in [3.8, 4) is 17.1 Å². The minimum absolute atomic E-state index is 0.0945. The predicted molar refractivity (Wildman–Crippen MR) is 149 cm³/mol. The van der Waals surface area contributed by atoms with Crippen molar-refractivity contribution >= 4 is 27.8 Å². The number of aryl methyl sites for hydroxylation is 2. The van der Waals surface area contributed by atoms with Crippen molar-refractivity contribution in [1.82, 2.24) is 14.9 Å². The van der Waals surface area contributed by atoms with Gasteiger partial charge in [0.15, 0.2) is 0 Å². The highest BCUT2D eigenvalue weighted by molar-refractivity contribution is 7.92. The topological polar surface area (TPSA) is 145 Å². The molecular formula is C29H27N5O5S. The van der Waals surface area contributed by atoms with E-state index in [0.29, 0.717) is 16.8 Å². The van der Waals surface area contributed by atoms with Crippen molar-refractivity contribution in [1.29, 1.82) is 0 Å². The van der Waals surface area contributed by atoms with E-state index in [-0.39, 0.29) is 28.8 Å². The lowest BCUT2D eigenvalue weighted by atomic mass is 10.00. The molecule has 0 radical (unpaired) electrons. The van der Waals surface area contributed by atoms with E-state index in [1.165, 1.54) is 23.1 Å². The van der Waals surface area contributed by atoms with Gasteiger partial charge in [-0.2, -0.15) is 4.98 Å². The molecule has 4 bridgehead atoms. The number of primary amides is 1. The van der Waals surface area contributed by atoms with E-state index in [2.05, 4.69) is 14.7 Å². The molecule has 1 aromatic heterocycles. The van der Waals surface area contributed by atoms with Gasteiger partial charge in [0.05, 0.1) is 17.1 Å². The molecule has 2 amide bonds. The van der Waals surface area contributed by atoms with Crippen LogP contribution in [-0.2, 0) is 10.0 Å². The van der Waals surface area contributed by atoms with E-state index in [1.54, 1.807) is 43.4 Å². The number of hydrogen-bond acceptors (Lipinski definition) is 7. The van der Waals surface area contributed by atoms with Crippen LogP contribution >= 0.6 is 0 Å². The van der Waals surface area contributed by atoms with Crippen molar-refractivity contribution < 1.29 is 22.7 Å². The van der Waals surface area contributed by atoms with Gasteiger partial charge in [0, 0.05) is 29.8 Å². The summed E-state index contributed by atoms with van der Waals surface area (Å²) < 4.78 is 35.4. The second-order valence-electron chi connectivity index (χ2n) is 9.59. The first-order valence-corrected chi connectivity index (χ1v) is 13.9. The Morgan fingerprint density at radius 2 is 1.68 bits per heavy atom. The minimum Gasteiger partial charge on any atom is -0.467 e. The van der Waals surface area contributed by atoms with Gasteiger partial charge in [-0.25, -0.2) is 18.1 Å². The van der Waals surface area contributed by atoms with Crippen molar-refractivity contribution in [2.75, 3.05) is 18.3 Å². The summed E-state index contributed by atoms with van der Waals surface area (Å²) in [5, 5.41) is 0. The number of hydrogen-bond donors (Lipinski definition) is 2. The number of nitrogens with zero attached hydrogens (tertiary/aromatic N) is 3. The smallest absolute Gasteiger partial charge is 0.264 e. The summed E-state index contributed by atoms with van der Waals surface area (Å²) in [6.45, 7) is 3.97. The first-order valence-electron chi connectivity index (χ1n) is 12.4. The molecule has 0 spiro atoms. The Labute approximate surface area is 231 Å². The van der Waals surface area contributed by atoms with E-state index in [0.717, 1.165) is 16.7 Å². The van der Waals surface area contributed by atoms with Gasteiger partial charge in [0.25, 0.3) is 15.9 Å². The lowest BCUT2D eigenvalue weighted by Gasteiger charge is -2.25. The van der Waals surface area contributed by atoms with E-state index >= 15 is 0 Å². The van der Waals surface area contributed by atoms with Crippen LogP contribution in [0.2, 0.25) is 0 Å². The molecule has 0 saturated carbocycles. The third-order valence-corrected chi connectivity index (χ3v) is 8.00. The third kappa shape index (κ3) is 5.36. The van der Waals surface area contributed by atoms with E-state index in [4.69, 9.17) is 10.5 Å². The second-order valence-corrected chi connectivity index (χ2v) is 11.3. The number of benzene rings is 3. The quantitative estimate of drug-likeness (QED) is 0.389. The number of nitrogens with two attached hydrogens (primary N) is 1. The maximum absolute atomic E-state index is 13.3. The van der Waals surface area contributed by atoms with Gasteiger partial charge in [-0.1, -0.05) is 36.4 Å². The van der Waals surface area contributed by atoms with Crippen LogP contribution in [0.5, 0.6) is 5.88 Å². The molecule has 11 heteroatoms. The van der Waals surface area contributed by atoms with Crippen LogP contribution < -0.4 is 15.2 Å². The molecule has 10 nitrogen and oxygen atoms in total. The standard InChI is InChI=1S/C29H27N5O5S/c1-17-6-4-7-18(2)26(17)23-15-25-32-29(31-23)33-40(37,38)22-9-5-8-21(14-22)28(36)34(3)16-24(39-25)19-10-12-20(13-11-19)27(30)35/h4-15,24H,16H2,1-3H3,(H2,30,35)(H,31,32,33). The Morgan fingerprint density at radius 1 is 1.00 bits per heavy atom. The number of amides is 2. The zero-order valence-electron chi connectivity index (χ0n) is 22.1. The highest BCUT2D eigenvalue weighted by atomic mass is 32.2. The zero-order valence-corrected chi connectivity index (χ0v) is 22.9. The molecule has 3 N–H and O–H groups in total. The fraction of sp³-hybridized carbons (Fsp3) is 0.172. The Balaban J connectivity index is 1.70. The van der Waals surface area contributed by atoms with Gasteiger partial charge in [-0.15, -0.1) is 0 Å². The molecule has 5 rings (SSSR count). The average Bonchev–Trinajstić information content (AvgIpc) is 2.91. The first-order chi connectivity index (χ1) is 19.0. The first kappa shape index (κ1) is 26.8. The molecule has 2 heterocycles. The fourth-order valence-corrected chi connectivity index (χ4v) is 5.61. The van der Waals surface area contributed by atoms with Crippen LogP contribution in [0.15, 0.2) is 77.7 Å². The molecule has 0 aliphatic carbocycles. The summed E-state index contributed by atoms with van der Waals surface area (Å²) in [6.07, 6.45) is -0.731. The lowest BCUT2D eigenvalue weighted by Crippen LogP contribution is -2.33. The summed E-state index contributed by atoms with van der Waals surface area (Å²) in [4.78, 5) is 35.2. The molecule has 3 aromatic carbocycles. The number of fused-ring (bicyclic) bond motifs is 4. The number of anilines is 1. The van der Waals surface area contributed by atoms with Crippen molar-refractivity contribution in [3.05, 3.63) is 101 Å². The third-order valence-electron chi connectivity index (χ3n) is 6.67. The summed E-state index contributed by atoms with van der Waals surface area (Å²) in [7, 11) is -2.54. The summed E-state index contributed by atoms with van der Waals surface area (Å²) >= 11 is 0. The Bertz CT molecular complexity index is 1720. The summed E-state index contributed by atoms with van der Waals surface area (Å²) in [6, 6.07) is 19.7. The fourth-order valence-electron chi connectivity index (χ4n) is 4.62. The van der Waals surface area contributed by atoms with Gasteiger partial charge >= 0.3 is 0 Å². The Kier molecular flexibility index (Phi) is 6.99. The summed E-state index contributed by atoms with van der Waals surface area (Å²) in [5.41, 5.74) is 9.74. The van der Waals surface area contributed by atoms with Gasteiger partial charge in [0.2, 0.25) is 17.7 Å². The van der Waals surface area contributed by atoms with Crippen molar-refractivity contribution in [2.24, 2.45) is 5.73 Å². The normalized spacial score (nSPS) is 16.5. The Hall–Kier alpha value is -4.77. The number of ether oxygens (including phenoxy) is 1. The highest BCUT2D eigenvalue weighted by Gasteiger charge is 2.26. The second kappa shape index (κ2) is 10.4. The van der Waals surface area contributed by atoms with Gasteiger partial charge in [-0.05, 0) is 60.9 Å². The SMILES string of the molecule is Cc1cccc(C)c1-c1cc2nc(n1)NS(=O)(=O)c1cccc(c1)C(=O)N(C)CC(c1ccc(C(N)=O)cc1)O2. The number of likely N-dealkylation sites (N-methyl/N-ethyl adjacent to an activating group) is 1. The molecular weight excluding hydrogens is 530 g/mol. The number of rotatable bonds is 3. The molecule has 1 aliphatic rings. The van der Waals surface area contributed by atoms with Gasteiger partial charge < -0.3 is 15.4 Å². The van der Waals surface area contributed by atoms with Crippen molar-refractivity contribution in [3.63, 3.8) is 0 Å². The predicted octanol–water partition coefficient (Wildman–Crippen LogP) is 3.87. The number of nitrogens with one attached hydrogen (secondary N) is 1. The van der Waals surface area contributed by atoms with Crippen LogP contribution in [0, 0.1) is 13.8 Å². The van der Waals surface area contributed by atoms with Crippen LogP contribution in [0.3, 0.4) is 0 Å². The van der Waals surface area contributed by atoms with E-state index in [9.17, 15) is 18.0 Å². The van der Waals surface area contributed by atoms with Crippen LogP contribution in [0.25, 0.3) is 11.3 Å². The Morgan fingerprint density at radius 3 is 2.35 bits per heavy atom. The monoisotopic (exact) mass is 557 g/mol. The number of carbonyl (C=O) groups excluding carboxylic acids is 2. The number of sulfonamides is 1. The number of carbonyl (C=O) groups is 2. The van der Waals surface area contributed by atoms with Crippen LogP contribution in [-0.4, -0.2) is 48.7 Å². The highest BCUT2D eigenvalue weighted by Crippen LogP contribution is 2.32. The minimum atomic E-state index is -4.14. The molecule has 0 saturated heterocycles. The van der Waals surface area contributed by atoms with Crippen molar-refractivity contribution in [2.45, 2.75) is 24.8 Å². The zero-order chi connectivity index (χ0) is 28.6. The van der Waals surface area contributed by atoms with Gasteiger partial charge in [-0.3, -0.25) is 9.59 Å². The largest absolute Gasteiger partial charge is 0.467 e.